The van der Waals surface area contributed by atoms with Crippen LogP contribution in [0.25, 0.3) is 0 Å². The molecule has 0 aliphatic carbocycles. The number of carbonyl (C=O) groups is 1. The van der Waals surface area contributed by atoms with Gasteiger partial charge in [0.05, 0.1) is 12.0 Å². The van der Waals surface area contributed by atoms with E-state index in [-0.39, 0.29) is 4.48 Å². The number of hydrogen-bond donors (Lipinski definition) is 0. The summed E-state index contributed by atoms with van der Waals surface area (Å²) in [6.07, 6.45) is 0. The van der Waals surface area contributed by atoms with Gasteiger partial charge in [0.2, 0.25) is 0 Å². The van der Waals surface area contributed by atoms with E-state index in [1.54, 1.807) is 0 Å². The van der Waals surface area contributed by atoms with Crippen LogP contribution >= 0.6 is 31.9 Å². The third-order valence-electron chi connectivity index (χ3n) is 0.706. The van der Waals surface area contributed by atoms with Crippen LogP contribution in [0.2, 0.25) is 0 Å². The standard InChI is InChI=1S/C4H3Br2NO4/c1-11-4(8)2(5)3(6)7(9)10/h1H3/b3-2-. The van der Waals surface area contributed by atoms with Crippen molar-refractivity contribution in [3.8, 4) is 0 Å². The van der Waals surface area contributed by atoms with E-state index in [0.717, 1.165) is 7.11 Å². The Kier molecular flexibility index (Phi) is 4.27. The molecule has 0 aliphatic rings. The summed E-state index contributed by atoms with van der Waals surface area (Å²) in [4.78, 5) is 19.9. The molecule has 0 rings (SSSR count). The summed E-state index contributed by atoms with van der Waals surface area (Å²) in [7, 11) is 1.13. The molecule has 62 valence electrons. The highest BCUT2D eigenvalue weighted by molar-refractivity contribution is 9.14. The van der Waals surface area contributed by atoms with Crippen LogP contribution in [0.4, 0.5) is 0 Å². The molecule has 0 spiro atoms. The van der Waals surface area contributed by atoms with Gasteiger partial charge >= 0.3 is 10.6 Å². The monoisotopic (exact) mass is 287 g/mol. The molecule has 0 aromatic rings. The van der Waals surface area contributed by atoms with Gasteiger partial charge in [0, 0.05) is 15.9 Å². The molecule has 0 radical (unpaired) electrons. The molecule has 0 fully saturated rings. The quantitative estimate of drug-likeness (QED) is 0.253. The zero-order valence-electron chi connectivity index (χ0n) is 5.34. The minimum absolute atomic E-state index is 0.245. The number of hydrogen-bond acceptors (Lipinski definition) is 4. The maximum atomic E-state index is 10.6. The van der Waals surface area contributed by atoms with Crippen molar-refractivity contribution in [2.75, 3.05) is 7.11 Å². The van der Waals surface area contributed by atoms with Gasteiger partial charge in [-0.25, -0.2) is 4.79 Å². The van der Waals surface area contributed by atoms with Crippen LogP contribution in [0.15, 0.2) is 9.09 Å². The number of carbonyl (C=O) groups excluding carboxylic acids is 1. The number of ether oxygens (including phenoxy) is 1. The first-order valence-electron chi connectivity index (χ1n) is 2.28. The predicted octanol–water partition coefficient (Wildman–Crippen LogP) is 1.40. The second-order valence-corrected chi connectivity index (χ2v) is 2.90. The third-order valence-corrected chi connectivity index (χ3v) is 2.62. The molecule has 0 amide bonds. The van der Waals surface area contributed by atoms with E-state index in [1.807, 2.05) is 0 Å². The van der Waals surface area contributed by atoms with Gasteiger partial charge in [-0.2, -0.15) is 0 Å². The molecule has 11 heavy (non-hydrogen) atoms. The average Bonchev–Trinajstić information content (AvgIpc) is 2.00. The summed E-state index contributed by atoms with van der Waals surface area (Å²) in [5.41, 5.74) is 0. The summed E-state index contributed by atoms with van der Waals surface area (Å²) in [5, 5.41) is 10.0. The van der Waals surface area contributed by atoms with E-state index in [0.29, 0.717) is 0 Å². The highest BCUT2D eigenvalue weighted by Crippen LogP contribution is 2.19. The van der Waals surface area contributed by atoms with Crippen LogP contribution in [-0.4, -0.2) is 18.0 Å². The molecule has 0 bridgehead atoms. The fourth-order valence-electron chi connectivity index (χ4n) is 0.254. The van der Waals surface area contributed by atoms with Crippen molar-refractivity contribution >= 4 is 37.8 Å². The Bertz CT molecular complexity index is 224. The predicted molar refractivity (Wildman–Crippen MR) is 43.9 cm³/mol. The Morgan fingerprint density at radius 1 is 1.55 bits per heavy atom. The minimum Gasteiger partial charge on any atom is -0.465 e. The Morgan fingerprint density at radius 2 is 2.00 bits per heavy atom. The minimum atomic E-state index is -0.798. The van der Waals surface area contributed by atoms with Crippen LogP contribution < -0.4 is 0 Å². The molecule has 0 N–H and O–H groups in total. The molecule has 0 aromatic carbocycles. The van der Waals surface area contributed by atoms with Crippen molar-refractivity contribution in [1.82, 2.24) is 0 Å². The molecule has 0 unspecified atom stereocenters. The second kappa shape index (κ2) is 4.45. The van der Waals surface area contributed by atoms with Crippen LogP contribution in [0.5, 0.6) is 0 Å². The maximum absolute atomic E-state index is 10.6. The Morgan fingerprint density at radius 3 is 2.27 bits per heavy atom. The molecular weight excluding hydrogens is 286 g/mol. The molecule has 0 saturated carbocycles. The molecule has 0 saturated heterocycles. The highest BCUT2D eigenvalue weighted by Gasteiger charge is 2.19. The van der Waals surface area contributed by atoms with Crippen LogP contribution in [0.1, 0.15) is 0 Å². The lowest BCUT2D eigenvalue weighted by Gasteiger charge is -1.94. The van der Waals surface area contributed by atoms with Crippen molar-refractivity contribution in [3.05, 3.63) is 19.2 Å². The fraction of sp³-hybridized carbons (Fsp3) is 0.250. The summed E-state index contributed by atoms with van der Waals surface area (Å²) >= 11 is 5.27. The average molecular weight is 289 g/mol. The molecule has 0 aromatic heterocycles. The summed E-state index contributed by atoms with van der Waals surface area (Å²) < 4.78 is 3.51. The van der Waals surface area contributed by atoms with Gasteiger partial charge in [-0.1, -0.05) is 0 Å². The van der Waals surface area contributed by atoms with Crippen LogP contribution in [-0.2, 0) is 9.53 Å². The lowest BCUT2D eigenvalue weighted by atomic mass is 10.6. The zero-order valence-corrected chi connectivity index (χ0v) is 8.51. The largest absolute Gasteiger partial charge is 0.465 e. The Labute approximate surface area is 78.8 Å². The number of esters is 1. The van der Waals surface area contributed by atoms with Crippen LogP contribution in [0.3, 0.4) is 0 Å². The number of rotatable bonds is 2. The fourth-order valence-corrected chi connectivity index (χ4v) is 0.722. The second-order valence-electron chi connectivity index (χ2n) is 1.35. The van der Waals surface area contributed by atoms with Crippen molar-refractivity contribution in [2.45, 2.75) is 0 Å². The van der Waals surface area contributed by atoms with Gasteiger partial charge in [0.1, 0.15) is 0 Å². The molecular formula is C4H3Br2NO4. The topological polar surface area (TPSA) is 69.4 Å². The molecule has 5 nitrogen and oxygen atoms in total. The van der Waals surface area contributed by atoms with Gasteiger partial charge in [-0.05, 0) is 15.9 Å². The zero-order chi connectivity index (χ0) is 9.02. The van der Waals surface area contributed by atoms with E-state index in [4.69, 9.17) is 0 Å². The first-order valence-corrected chi connectivity index (χ1v) is 3.87. The van der Waals surface area contributed by atoms with Gasteiger partial charge in [0.15, 0.2) is 4.48 Å². The van der Waals surface area contributed by atoms with E-state index in [9.17, 15) is 14.9 Å². The van der Waals surface area contributed by atoms with Crippen molar-refractivity contribution < 1.29 is 14.5 Å². The van der Waals surface area contributed by atoms with Gasteiger partial charge in [-0.3, -0.25) is 10.1 Å². The smallest absolute Gasteiger partial charge is 0.352 e. The Hall–Kier alpha value is -0.430. The van der Waals surface area contributed by atoms with Gasteiger partial charge in [-0.15, -0.1) is 0 Å². The van der Waals surface area contributed by atoms with Crippen molar-refractivity contribution in [2.24, 2.45) is 0 Å². The molecule has 0 atom stereocenters. The normalized spacial score (nSPS) is 11.9. The lowest BCUT2D eigenvalue weighted by molar-refractivity contribution is -0.409. The van der Waals surface area contributed by atoms with E-state index >= 15 is 0 Å². The molecule has 0 aliphatic heterocycles. The van der Waals surface area contributed by atoms with Gasteiger partial charge in [0.25, 0.3) is 0 Å². The highest BCUT2D eigenvalue weighted by atomic mass is 79.9. The maximum Gasteiger partial charge on any atom is 0.352 e. The summed E-state index contributed by atoms with van der Waals surface area (Å²) in [6, 6.07) is 0. The lowest BCUT2D eigenvalue weighted by Crippen LogP contribution is -2.04. The third kappa shape index (κ3) is 2.98. The molecule has 7 heteroatoms. The molecule has 0 heterocycles. The van der Waals surface area contributed by atoms with Gasteiger partial charge < -0.3 is 4.74 Å². The van der Waals surface area contributed by atoms with Crippen molar-refractivity contribution in [3.63, 3.8) is 0 Å². The number of nitrogens with zero attached hydrogens (tertiary/aromatic N) is 1. The number of nitro groups is 1. The van der Waals surface area contributed by atoms with E-state index in [1.165, 1.54) is 0 Å². The Balaban J connectivity index is 4.66. The SMILES string of the molecule is COC(=O)/C(Br)=C(\Br)[N+](=O)[O-]. The van der Waals surface area contributed by atoms with E-state index in [2.05, 4.69) is 36.6 Å². The first-order chi connectivity index (χ1) is 5.00. The number of halogens is 2. The first kappa shape index (κ1) is 10.6. The number of methoxy groups -OCH3 is 1. The van der Waals surface area contributed by atoms with Crippen LogP contribution in [0, 0.1) is 10.1 Å². The summed E-state index contributed by atoms with van der Waals surface area (Å²) in [6.45, 7) is 0. The van der Waals surface area contributed by atoms with Crippen molar-refractivity contribution in [1.29, 1.82) is 0 Å². The summed E-state index contributed by atoms with van der Waals surface area (Å²) in [5.74, 6) is -0.798. The van der Waals surface area contributed by atoms with E-state index < -0.39 is 15.5 Å².